The maximum atomic E-state index is 12.0. The predicted molar refractivity (Wildman–Crippen MR) is 131 cm³/mol. The van der Waals surface area contributed by atoms with Gasteiger partial charge in [-0.15, -0.1) is 24.0 Å². The largest absolute Gasteiger partial charge is 0.491 e. The molecule has 0 saturated heterocycles. The van der Waals surface area contributed by atoms with Crippen molar-refractivity contribution in [2.75, 3.05) is 47.5 Å². The molecule has 2 N–H and O–H groups in total. The van der Waals surface area contributed by atoms with Gasteiger partial charge in [-0.05, 0) is 39.3 Å². The van der Waals surface area contributed by atoms with Crippen LogP contribution in [0.5, 0.6) is 5.75 Å². The number of carbonyl (C=O) groups is 1. The van der Waals surface area contributed by atoms with Crippen LogP contribution >= 0.6 is 24.0 Å². The zero-order chi connectivity index (χ0) is 21.9. The monoisotopic (exact) mass is 536 g/mol. The van der Waals surface area contributed by atoms with Gasteiger partial charge in [0.1, 0.15) is 18.0 Å². The molecular formula is C21H37IN4O4. The Labute approximate surface area is 197 Å². The normalized spacial score (nSPS) is 11.4. The Hall–Kier alpha value is -1.75. The van der Waals surface area contributed by atoms with E-state index in [-0.39, 0.29) is 30.1 Å². The number of hydrogen-bond donors (Lipinski definition) is 2. The summed E-state index contributed by atoms with van der Waals surface area (Å²) in [6, 6.07) is 6.10. The minimum Gasteiger partial charge on any atom is -0.491 e. The molecule has 9 heteroatoms. The molecule has 0 aliphatic rings. The molecule has 0 heterocycles. The van der Waals surface area contributed by atoms with Crippen molar-refractivity contribution in [1.29, 1.82) is 0 Å². The lowest BCUT2D eigenvalue weighted by atomic mass is 10.1. The molecule has 0 fully saturated rings. The molecule has 0 atom stereocenters. The second-order valence-corrected chi connectivity index (χ2v) is 7.71. The van der Waals surface area contributed by atoms with Gasteiger partial charge < -0.3 is 29.7 Å². The number of benzene rings is 1. The van der Waals surface area contributed by atoms with Crippen LogP contribution in [0, 0.1) is 6.92 Å². The minimum atomic E-state index is -0.507. The molecule has 8 nitrogen and oxygen atoms in total. The van der Waals surface area contributed by atoms with Crippen LogP contribution in [-0.4, -0.2) is 70.1 Å². The fourth-order valence-electron chi connectivity index (χ4n) is 2.35. The van der Waals surface area contributed by atoms with Crippen LogP contribution in [0.15, 0.2) is 23.2 Å². The molecule has 0 aliphatic heterocycles. The molecule has 1 aromatic rings. The summed E-state index contributed by atoms with van der Waals surface area (Å²) >= 11 is 0. The average Bonchev–Trinajstić information content (AvgIpc) is 2.64. The van der Waals surface area contributed by atoms with Crippen LogP contribution in [0.25, 0.3) is 0 Å². The average molecular weight is 536 g/mol. The van der Waals surface area contributed by atoms with E-state index < -0.39 is 5.60 Å². The van der Waals surface area contributed by atoms with Crippen molar-refractivity contribution in [3.05, 3.63) is 29.3 Å². The standard InChI is InChI=1S/C21H36N4O4.HI/c1-16-8-9-17(18(14-16)28-13-12-27-7)15-24-19(22-5)23-10-11-25(6)20(26)29-21(2,3)4;/h8-9,14H,10-13,15H2,1-7H3,(H2,22,23,24);1H. The molecule has 0 aromatic heterocycles. The van der Waals surface area contributed by atoms with Gasteiger partial charge in [-0.2, -0.15) is 0 Å². The first-order chi connectivity index (χ1) is 13.7. The molecule has 0 saturated carbocycles. The highest BCUT2D eigenvalue weighted by atomic mass is 127. The summed E-state index contributed by atoms with van der Waals surface area (Å²) in [5, 5.41) is 6.47. The smallest absolute Gasteiger partial charge is 0.410 e. The number of carbonyl (C=O) groups excluding carboxylic acids is 1. The van der Waals surface area contributed by atoms with Crippen molar-refractivity contribution in [3.8, 4) is 5.75 Å². The quantitative estimate of drug-likeness (QED) is 0.218. The highest BCUT2D eigenvalue weighted by Gasteiger charge is 2.19. The highest BCUT2D eigenvalue weighted by molar-refractivity contribution is 14.0. The molecule has 1 aromatic carbocycles. The Morgan fingerprint density at radius 1 is 1.20 bits per heavy atom. The lowest BCUT2D eigenvalue weighted by molar-refractivity contribution is 0.0302. The van der Waals surface area contributed by atoms with E-state index in [1.807, 2.05) is 45.9 Å². The number of methoxy groups -OCH3 is 1. The third-order valence-corrected chi connectivity index (χ3v) is 3.88. The molecule has 1 rings (SSSR count). The Morgan fingerprint density at radius 3 is 2.50 bits per heavy atom. The number of amides is 1. The number of guanidine groups is 1. The number of likely N-dealkylation sites (N-methyl/N-ethyl adjacent to an activating group) is 1. The Kier molecular flexibility index (Phi) is 13.5. The number of rotatable bonds is 9. The van der Waals surface area contributed by atoms with E-state index in [9.17, 15) is 4.79 Å². The molecule has 0 spiro atoms. The maximum absolute atomic E-state index is 12.0. The number of nitrogens with one attached hydrogen (secondary N) is 2. The summed E-state index contributed by atoms with van der Waals surface area (Å²) in [7, 11) is 5.07. The van der Waals surface area contributed by atoms with Crippen LogP contribution < -0.4 is 15.4 Å². The van der Waals surface area contributed by atoms with Crippen molar-refractivity contribution in [1.82, 2.24) is 15.5 Å². The van der Waals surface area contributed by atoms with E-state index in [2.05, 4.69) is 15.6 Å². The second-order valence-electron chi connectivity index (χ2n) is 7.71. The Balaban J connectivity index is 0.00000841. The molecule has 172 valence electrons. The summed E-state index contributed by atoms with van der Waals surface area (Å²) in [6.07, 6.45) is -0.347. The van der Waals surface area contributed by atoms with Gasteiger partial charge in [0.25, 0.3) is 0 Å². The number of aryl methyl sites for hydroxylation is 1. The number of ether oxygens (including phenoxy) is 3. The number of halogens is 1. The van der Waals surface area contributed by atoms with E-state index in [1.54, 1.807) is 21.2 Å². The second kappa shape index (κ2) is 14.3. The third kappa shape index (κ3) is 11.4. The van der Waals surface area contributed by atoms with E-state index in [0.717, 1.165) is 16.9 Å². The first-order valence-electron chi connectivity index (χ1n) is 9.76. The summed E-state index contributed by atoms with van der Waals surface area (Å²) in [5.41, 5.74) is 1.65. The van der Waals surface area contributed by atoms with Crippen molar-refractivity contribution >= 4 is 36.0 Å². The van der Waals surface area contributed by atoms with Gasteiger partial charge in [0.05, 0.1) is 6.61 Å². The van der Waals surface area contributed by atoms with Crippen LogP contribution in [0.2, 0.25) is 0 Å². The van der Waals surface area contributed by atoms with Crippen molar-refractivity contribution in [2.24, 2.45) is 4.99 Å². The third-order valence-electron chi connectivity index (χ3n) is 3.88. The van der Waals surface area contributed by atoms with E-state index in [1.165, 1.54) is 4.90 Å². The van der Waals surface area contributed by atoms with Crippen molar-refractivity contribution < 1.29 is 19.0 Å². The molecule has 0 radical (unpaired) electrons. The summed E-state index contributed by atoms with van der Waals surface area (Å²) in [5.74, 6) is 1.47. The highest BCUT2D eigenvalue weighted by Crippen LogP contribution is 2.20. The lowest BCUT2D eigenvalue weighted by Crippen LogP contribution is -2.42. The Bertz CT molecular complexity index is 677. The van der Waals surface area contributed by atoms with E-state index in [0.29, 0.717) is 38.8 Å². The van der Waals surface area contributed by atoms with Crippen LogP contribution in [0.1, 0.15) is 31.9 Å². The molecule has 0 unspecified atom stereocenters. The van der Waals surface area contributed by atoms with Gasteiger partial charge in [0.15, 0.2) is 5.96 Å². The zero-order valence-electron chi connectivity index (χ0n) is 19.2. The summed E-state index contributed by atoms with van der Waals surface area (Å²) in [6.45, 7) is 10.2. The first kappa shape index (κ1) is 28.2. The molecule has 1 amide bonds. The fraction of sp³-hybridized carbons (Fsp3) is 0.619. The van der Waals surface area contributed by atoms with Gasteiger partial charge in [0, 0.05) is 46.4 Å². The number of aliphatic imine (C=N–C) groups is 1. The first-order valence-corrected chi connectivity index (χ1v) is 9.76. The molecule has 0 aliphatic carbocycles. The minimum absolute atomic E-state index is 0. The van der Waals surface area contributed by atoms with Crippen LogP contribution in [0.3, 0.4) is 0 Å². The van der Waals surface area contributed by atoms with Crippen molar-refractivity contribution in [2.45, 2.75) is 39.8 Å². The van der Waals surface area contributed by atoms with Crippen LogP contribution in [-0.2, 0) is 16.0 Å². The van der Waals surface area contributed by atoms with E-state index >= 15 is 0 Å². The van der Waals surface area contributed by atoms with Gasteiger partial charge in [-0.3, -0.25) is 4.99 Å². The van der Waals surface area contributed by atoms with E-state index in [4.69, 9.17) is 14.2 Å². The maximum Gasteiger partial charge on any atom is 0.410 e. The number of nitrogens with zero attached hydrogens (tertiary/aromatic N) is 2. The fourth-order valence-corrected chi connectivity index (χ4v) is 2.35. The lowest BCUT2D eigenvalue weighted by Gasteiger charge is -2.25. The van der Waals surface area contributed by atoms with Crippen LogP contribution in [0.4, 0.5) is 4.79 Å². The van der Waals surface area contributed by atoms with Gasteiger partial charge in [0.2, 0.25) is 0 Å². The number of hydrogen-bond acceptors (Lipinski definition) is 5. The molecule has 0 bridgehead atoms. The Morgan fingerprint density at radius 2 is 1.90 bits per heavy atom. The van der Waals surface area contributed by atoms with Crippen molar-refractivity contribution in [3.63, 3.8) is 0 Å². The SMILES string of the molecule is CN=C(NCCN(C)C(=O)OC(C)(C)C)NCc1ccc(C)cc1OCCOC.I. The topological polar surface area (TPSA) is 84.4 Å². The molecular weight excluding hydrogens is 499 g/mol. The van der Waals surface area contributed by atoms with Gasteiger partial charge >= 0.3 is 6.09 Å². The summed E-state index contributed by atoms with van der Waals surface area (Å²) < 4.78 is 16.2. The zero-order valence-corrected chi connectivity index (χ0v) is 21.5. The molecule has 30 heavy (non-hydrogen) atoms. The van der Waals surface area contributed by atoms with Gasteiger partial charge in [-0.1, -0.05) is 12.1 Å². The summed E-state index contributed by atoms with van der Waals surface area (Å²) in [4.78, 5) is 17.8. The predicted octanol–water partition coefficient (Wildman–Crippen LogP) is 3.17. The van der Waals surface area contributed by atoms with Gasteiger partial charge in [-0.25, -0.2) is 4.79 Å².